The summed E-state index contributed by atoms with van der Waals surface area (Å²) in [6, 6.07) is 2.03. The zero-order chi connectivity index (χ0) is 14.7. The van der Waals surface area contributed by atoms with Crippen molar-refractivity contribution in [2.24, 2.45) is 0 Å². The maximum atomic E-state index is 11.9. The van der Waals surface area contributed by atoms with Crippen molar-refractivity contribution in [3.8, 4) is 5.75 Å². The van der Waals surface area contributed by atoms with E-state index in [9.17, 15) is 24.8 Å². The number of carbonyl (C=O) groups is 2. The van der Waals surface area contributed by atoms with Crippen molar-refractivity contribution in [1.29, 1.82) is 0 Å². The Balaban J connectivity index is 3.04. The maximum Gasteiger partial charge on any atom is 0.326 e. The number of benzene rings is 1. The molecule has 1 unspecified atom stereocenters. The van der Waals surface area contributed by atoms with E-state index in [1.165, 1.54) is 14.0 Å². The van der Waals surface area contributed by atoms with Crippen LogP contribution in [0.15, 0.2) is 18.2 Å². The van der Waals surface area contributed by atoms with Gasteiger partial charge in [0.1, 0.15) is 6.04 Å². The average molecular weight is 268 g/mol. The van der Waals surface area contributed by atoms with Crippen molar-refractivity contribution < 1.29 is 24.7 Å². The topological polar surface area (TPSA) is 121 Å². The molecule has 8 nitrogen and oxygen atoms in total. The third kappa shape index (κ3) is 2.97. The van der Waals surface area contributed by atoms with Crippen LogP contribution < -0.4 is 0 Å². The van der Waals surface area contributed by atoms with Crippen LogP contribution in [0.2, 0.25) is 0 Å². The van der Waals surface area contributed by atoms with E-state index in [4.69, 9.17) is 5.11 Å². The number of hydrogen-bond donors (Lipinski definition) is 2. The summed E-state index contributed by atoms with van der Waals surface area (Å²) in [6.45, 7) is 1.32. The lowest BCUT2D eigenvalue weighted by Crippen LogP contribution is -2.40. The first-order valence-electron chi connectivity index (χ1n) is 5.23. The number of rotatable bonds is 4. The smallest absolute Gasteiger partial charge is 0.326 e. The van der Waals surface area contributed by atoms with Gasteiger partial charge >= 0.3 is 11.7 Å². The molecule has 0 saturated heterocycles. The number of nitrogens with zero attached hydrogens (tertiary/aromatic N) is 2. The summed E-state index contributed by atoms with van der Waals surface area (Å²) in [5, 5.41) is 28.7. The summed E-state index contributed by atoms with van der Waals surface area (Å²) in [5.41, 5.74) is -0.552. The van der Waals surface area contributed by atoms with Gasteiger partial charge in [0.2, 0.25) is 0 Å². The number of nitro groups is 1. The predicted octanol–water partition coefficient (Wildman–Crippen LogP) is 0.845. The van der Waals surface area contributed by atoms with Crippen LogP contribution in [0.3, 0.4) is 0 Å². The van der Waals surface area contributed by atoms with Gasteiger partial charge in [-0.05, 0) is 19.1 Å². The number of amides is 1. The number of likely N-dealkylation sites (N-methyl/N-ethyl adjacent to an activating group) is 1. The maximum absolute atomic E-state index is 11.9. The molecular weight excluding hydrogens is 256 g/mol. The van der Waals surface area contributed by atoms with Gasteiger partial charge in [0.15, 0.2) is 5.75 Å². The predicted molar refractivity (Wildman–Crippen MR) is 64.0 cm³/mol. The summed E-state index contributed by atoms with van der Waals surface area (Å²) >= 11 is 0. The fraction of sp³-hybridized carbons (Fsp3) is 0.273. The van der Waals surface area contributed by atoms with Gasteiger partial charge in [0.25, 0.3) is 5.91 Å². The van der Waals surface area contributed by atoms with Crippen LogP contribution in [0.5, 0.6) is 5.75 Å². The van der Waals surface area contributed by atoms with Crippen molar-refractivity contribution >= 4 is 17.6 Å². The molecule has 0 aliphatic rings. The molecule has 0 saturated carbocycles. The molecule has 0 aliphatic heterocycles. The minimum Gasteiger partial charge on any atom is -0.502 e. The second-order valence-corrected chi connectivity index (χ2v) is 3.89. The SMILES string of the molecule is CC(C(=O)O)N(C)C(=O)c1ccc([N+](=O)[O-])c(O)c1. The van der Waals surface area contributed by atoms with Crippen LogP contribution in [-0.4, -0.2) is 45.0 Å². The van der Waals surface area contributed by atoms with Crippen molar-refractivity contribution in [2.45, 2.75) is 13.0 Å². The Hall–Kier alpha value is -2.64. The molecule has 0 aliphatic carbocycles. The van der Waals surface area contributed by atoms with Crippen molar-refractivity contribution in [3.05, 3.63) is 33.9 Å². The highest BCUT2D eigenvalue weighted by Gasteiger charge is 2.24. The minimum absolute atomic E-state index is 0.0290. The molecule has 0 heterocycles. The number of phenolic OH excluding ortho intramolecular Hbond substituents is 1. The molecule has 0 fully saturated rings. The highest BCUT2D eigenvalue weighted by Crippen LogP contribution is 2.26. The number of nitro benzene ring substituents is 1. The Morgan fingerprint density at radius 2 is 2.00 bits per heavy atom. The van der Waals surface area contributed by atoms with Crippen LogP contribution in [0.25, 0.3) is 0 Å². The summed E-state index contributed by atoms with van der Waals surface area (Å²) < 4.78 is 0. The standard InChI is InChI=1S/C11H12N2O6/c1-6(11(16)17)12(2)10(15)7-3-4-8(13(18)19)9(14)5-7/h3-6,14H,1-2H3,(H,16,17). The Labute approximate surface area is 108 Å². The largest absolute Gasteiger partial charge is 0.502 e. The summed E-state index contributed by atoms with van der Waals surface area (Å²) in [4.78, 5) is 33.3. The first-order valence-corrected chi connectivity index (χ1v) is 5.23. The number of carbonyl (C=O) groups excluding carboxylic acids is 1. The van der Waals surface area contributed by atoms with Gasteiger partial charge in [0, 0.05) is 18.7 Å². The average Bonchev–Trinajstić information content (AvgIpc) is 2.35. The van der Waals surface area contributed by atoms with Gasteiger partial charge in [-0.25, -0.2) is 4.79 Å². The zero-order valence-corrected chi connectivity index (χ0v) is 10.2. The molecule has 19 heavy (non-hydrogen) atoms. The number of carboxylic acid groups (broad SMARTS) is 1. The lowest BCUT2D eigenvalue weighted by atomic mass is 10.1. The third-order valence-electron chi connectivity index (χ3n) is 2.68. The Bertz CT molecular complexity index is 542. The van der Waals surface area contributed by atoms with Crippen LogP contribution in [0.4, 0.5) is 5.69 Å². The van der Waals surface area contributed by atoms with Gasteiger partial charge in [0.05, 0.1) is 4.92 Å². The van der Waals surface area contributed by atoms with E-state index in [0.717, 1.165) is 23.1 Å². The molecule has 0 spiro atoms. The number of carboxylic acids is 1. The van der Waals surface area contributed by atoms with Crippen LogP contribution in [0.1, 0.15) is 17.3 Å². The van der Waals surface area contributed by atoms with Crippen LogP contribution in [0, 0.1) is 10.1 Å². The van der Waals surface area contributed by atoms with E-state index in [-0.39, 0.29) is 5.56 Å². The fourth-order valence-electron chi connectivity index (χ4n) is 1.36. The van der Waals surface area contributed by atoms with Gasteiger partial charge < -0.3 is 15.1 Å². The summed E-state index contributed by atoms with van der Waals surface area (Å²) in [5.74, 6) is -2.48. The second-order valence-electron chi connectivity index (χ2n) is 3.89. The molecule has 1 aromatic carbocycles. The van der Waals surface area contributed by atoms with E-state index in [1.54, 1.807) is 0 Å². The van der Waals surface area contributed by atoms with E-state index in [2.05, 4.69) is 0 Å². The van der Waals surface area contributed by atoms with Gasteiger partial charge in [-0.2, -0.15) is 0 Å². The Morgan fingerprint density at radius 3 is 2.42 bits per heavy atom. The summed E-state index contributed by atoms with van der Waals surface area (Å²) in [6.07, 6.45) is 0. The molecule has 0 bridgehead atoms. The quantitative estimate of drug-likeness (QED) is 0.616. The molecule has 1 atom stereocenters. The van der Waals surface area contributed by atoms with Crippen molar-refractivity contribution in [3.63, 3.8) is 0 Å². The molecule has 1 aromatic rings. The molecule has 102 valence electrons. The zero-order valence-electron chi connectivity index (χ0n) is 10.2. The van der Waals surface area contributed by atoms with Crippen molar-refractivity contribution in [2.75, 3.05) is 7.05 Å². The molecular formula is C11H12N2O6. The molecule has 0 aromatic heterocycles. The molecule has 8 heteroatoms. The normalized spacial score (nSPS) is 11.7. The number of phenols is 1. The number of aliphatic carboxylic acids is 1. The number of hydrogen-bond acceptors (Lipinski definition) is 5. The van der Waals surface area contributed by atoms with Gasteiger partial charge in [-0.3, -0.25) is 14.9 Å². The fourth-order valence-corrected chi connectivity index (χ4v) is 1.36. The van der Waals surface area contributed by atoms with E-state index in [1.807, 2.05) is 0 Å². The van der Waals surface area contributed by atoms with Gasteiger partial charge in [-0.1, -0.05) is 0 Å². The van der Waals surface area contributed by atoms with E-state index < -0.39 is 34.3 Å². The lowest BCUT2D eigenvalue weighted by molar-refractivity contribution is -0.385. The first-order chi connectivity index (χ1) is 8.75. The Kier molecular flexibility index (Phi) is 4.05. The monoisotopic (exact) mass is 268 g/mol. The highest BCUT2D eigenvalue weighted by atomic mass is 16.6. The van der Waals surface area contributed by atoms with E-state index >= 15 is 0 Å². The highest BCUT2D eigenvalue weighted by molar-refractivity contribution is 5.97. The van der Waals surface area contributed by atoms with Crippen molar-refractivity contribution in [1.82, 2.24) is 4.90 Å². The minimum atomic E-state index is -1.18. The molecule has 1 amide bonds. The lowest BCUT2D eigenvalue weighted by Gasteiger charge is -2.21. The molecule has 0 radical (unpaired) electrons. The molecule has 2 N–H and O–H groups in total. The second kappa shape index (κ2) is 5.34. The van der Waals surface area contributed by atoms with Crippen LogP contribution >= 0.6 is 0 Å². The summed E-state index contributed by atoms with van der Waals surface area (Å²) in [7, 11) is 1.29. The third-order valence-corrected chi connectivity index (χ3v) is 2.68. The number of aromatic hydroxyl groups is 1. The first kappa shape index (κ1) is 14.4. The van der Waals surface area contributed by atoms with Crippen LogP contribution in [-0.2, 0) is 4.79 Å². The Morgan fingerprint density at radius 1 is 1.42 bits per heavy atom. The van der Waals surface area contributed by atoms with Gasteiger partial charge in [-0.15, -0.1) is 0 Å². The van der Waals surface area contributed by atoms with E-state index in [0.29, 0.717) is 0 Å². The molecule has 1 rings (SSSR count).